The van der Waals surface area contributed by atoms with Crippen molar-refractivity contribution in [1.29, 1.82) is 5.26 Å². The summed E-state index contributed by atoms with van der Waals surface area (Å²) in [7, 11) is 0. The Labute approximate surface area is 123 Å². The summed E-state index contributed by atoms with van der Waals surface area (Å²) in [6.07, 6.45) is 3.13. The van der Waals surface area contributed by atoms with E-state index in [-0.39, 0.29) is 15.1 Å². The van der Waals surface area contributed by atoms with E-state index >= 15 is 0 Å². The molecule has 0 fully saturated rings. The minimum Gasteiger partial charge on any atom is -0.265 e. The van der Waals surface area contributed by atoms with E-state index in [4.69, 9.17) is 11.6 Å². The molecule has 0 aliphatic rings. The van der Waals surface area contributed by atoms with Crippen molar-refractivity contribution < 1.29 is 4.39 Å². The molecule has 0 unspecified atom stereocenters. The van der Waals surface area contributed by atoms with Gasteiger partial charge in [-0.25, -0.2) is 4.39 Å². The average Bonchev–Trinajstić information content (AvgIpc) is 2.44. The van der Waals surface area contributed by atoms with Crippen molar-refractivity contribution in [2.24, 2.45) is 0 Å². The Morgan fingerprint density at radius 1 is 1.26 bits per heavy atom. The minimum absolute atomic E-state index is 0.195. The van der Waals surface area contributed by atoms with Crippen molar-refractivity contribution >= 4 is 38.1 Å². The Morgan fingerprint density at radius 2 is 1.95 bits per heavy atom. The van der Waals surface area contributed by atoms with Crippen LogP contribution in [0.25, 0.3) is 10.6 Å². The second-order valence-corrected chi connectivity index (χ2v) is 4.81. The van der Waals surface area contributed by atoms with Crippen LogP contribution in [0, 0.1) is 17.1 Å². The molecular formula is C14H7BrClFN2. The number of pyridine rings is 1. The highest BCUT2D eigenvalue weighted by Gasteiger charge is 2.14. The number of allylic oxidation sites excluding steroid dienone is 1. The lowest BCUT2D eigenvalue weighted by Crippen LogP contribution is -1.90. The molecule has 0 aliphatic carbocycles. The predicted molar refractivity (Wildman–Crippen MR) is 76.6 cm³/mol. The third kappa shape index (κ3) is 2.83. The number of hydrogen-bond donors (Lipinski definition) is 0. The molecule has 0 radical (unpaired) electrons. The Morgan fingerprint density at radius 3 is 2.58 bits per heavy atom. The van der Waals surface area contributed by atoms with E-state index < -0.39 is 5.82 Å². The second kappa shape index (κ2) is 5.96. The highest BCUT2D eigenvalue weighted by molar-refractivity contribution is 9.10. The molecule has 94 valence electrons. The van der Waals surface area contributed by atoms with Gasteiger partial charge in [0.25, 0.3) is 0 Å². The van der Waals surface area contributed by atoms with E-state index in [2.05, 4.69) is 20.9 Å². The zero-order valence-corrected chi connectivity index (χ0v) is 11.9. The summed E-state index contributed by atoms with van der Waals surface area (Å²) in [5.74, 6) is -0.428. The highest BCUT2D eigenvalue weighted by atomic mass is 79.9. The first-order valence-electron chi connectivity index (χ1n) is 5.29. The molecule has 1 aromatic carbocycles. The third-order valence-corrected chi connectivity index (χ3v) is 3.69. The highest BCUT2D eigenvalue weighted by Crippen LogP contribution is 2.34. The van der Waals surface area contributed by atoms with E-state index in [9.17, 15) is 9.65 Å². The number of rotatable bonds is 2. The summed E-state index contributed by atoms with van der Waals surface area (Å²) in [4.78, 5) is 3.88. The zero-order chi connectivity index (χ0) is 13.8. The van der Waals surface area contributed by atoms with Gasteiger partial charge in [-0.1, -0.05) is 23.7 Å². The first-order chi connectivity index (χ1) is 9.15. The quantitative estimate of drug-likeness (QED) is 0.750. The van der Waals surface area contributed by atoms with Gasteiger partial charge in [-0.3, -0.25) is 4.98 Å². The number of aromatic nitrogens is 1. The maximum absolute atomic E-state index is 13.5. The third-order valence-electron chi connectivity index (χ3n) is 2.49. The number of benzene rings is 1. The van der Waals surface area contributed by atoms with Crippen molar-refractivity contribution in [3.63, 3.8) is 0 Å². The van der Waals surface area contributed by atoms with Crippen molar-refractivity contribution in [3.8, 4) is 6.07 Å². The average molecular weight is 338 g/mol. The number of nitrogens with zero attached hydrogens (tertiary/aromatic N) is 2. The summed E-state index contributed by atoms with van der Waals surface area (Å²) in [6.45, 7) is 0. The van der Waals surface area contributed by atoms with Crippen LogP contribution in [0.15, 0.2) is 47.2 Å². The van der Waals surface area contributed by atoms with Gasteiger partial charge in [0.05, 0.1) is 15.1 Å². The van der Waals surface area contributed by atoms with E-state index in [0.29, 0.717) is 11.1 Å². The van der Waals surface area contributed by atoms with Gasteiger partial charge in [0, 0.05) is 18.0 Å². The fraction of sp³-hybridized carbons (Fsp3) is 0. The molecule has 0 bridgehead atoms. The first-order valence-corrected chi connectivity index (χ1v) is 6.47. The molecule has 5 heteroatoms. The lowest BCUT2D eigenvalue weighted by molar-refractivity contribution is 0.620. The maximum atomic E-state index is 13.5. The second-order valence-electron chi connectivity index (χ2n) is 3.64. The van der Waals surface area contributed by atoms with Gasteiger partial charge in [0.1, 0.15) is 11.9 Å². The van der Waals surface area contributed by atoms with Crippen LogP contribution in [0.1, 0.15) is 11.1 Å². The Balaban J connectivity index is 2.63. The number of hydrogen-bond acceptors (Lipinski definition) is 2. The molecule has 2 aromatic rings. The van der Waals surface area contributed by atoms with E-state index in [1.54, 1.807) is 36.7 Å². The van der Waals surface area contributed by atoms with Crippen LogP contribution in [0.3, 0.4) is 0 Å². The smallest absolute Gasteiger partial charge is 0.138 e. The van der Waals surface area contributed by atoms with Crippen molar-refractivity contribution in [3.05, 3.63) is 64.1 Å². The molecule has 0 spiro atoms. The first kappa shape index (κ1) is 13.7. The van der Waals surface area contributed by atoms with Gasteiger partial charge in [-0.2, -0.15) is 5.26 Å². The molecule has 19 heavy (non-hydrogen) atoms. The summed E-state index contributed by atoms with van der Waals surface area (Å²) < 4.78 is 13.7. The Kier molecular flexibility index (Phi) is 4.31. The van der Waals surface area contributed by atoms with E-state index in [1.807, 2.05) is 6.07 Å². The van der Waals surface area contributed by atoms with Gasteiger partial charge in [-0.15, -0.1) is 0 Å². The molecule has 0 aliphatic heterocycles. The van der Waals surface area contributed by atoms with Gasteiger partial charge in [-0.05, 0) is 39.7 Å². The monoisotopic (exact) mass is 336 g/mol. The standard InChI is InChI=1S/C14H7BrClFN2/c15-13-10(2-1-3-12(13)17)14(16)11(8-18)9-4-6-19-7-5-9/h1-7H/b14-11+. The normalized spacial score (nSPS) is 11.7. The molecule has 0 saturated heterocycles. The summed E-state index contributed by atoms with van der Waals surface area (Å²) in [5.41, 5.74) is 1.35. The van der Waals surface area contributed by atoms with E-state index in [1.165, 1.54) is 6.07 Å². The maximum Gasteiger partial charge on any atom is 0.138 e. The van der Waals surface area contributed by atoms with Gasteiger partial charge in [0.15, 0.2) is 0 Å². The van der Waals surface area contributed by atoms with Crippen molar-refractivity contribution in [1.82, 2.24) is 4.98 Å². The lowest BCUT2D eigenvalue weighted by atomic mass is 10.0. The topological polar surface area (TPSA) is 36.7 Å². The minimum atomic E-state index is -0.428. The summed E-state index contributed by atoms with van der Waals surface area (Å²) in [6, 6.07) is 9.89. The zero-order valence-electron chi connectivity index (χ0n) is 9.57. The Bertz CT molecular complexity index is 678. The summed E-state index contributed by atoms with van der Waals surface area (Å²) >= 11 is 9.36. The predicted octanol–water partition coefficient (Wildman–Crippen LogP) is 4.61. The molecule has 0 saturated carbocycles. The molecular weight excluding hydrogens is 331 g/mol. The fourth-order valence-corrected chi connectivity index (χ4v) is 2.45. The molecule has 2 rings (SSSR count). The molecule has 0 atom stereocenters. The number of halogens is 3. The molecule has 1 heterocycles. The molecule has 0 amide bonds. The van der Waals surface area contributed by atoms with Crippen LogP contribution in [0.4, 0.5) is 4.39 Å². The Hall–Kier alpha value is -1.70. The SMILES string of the molecule is N#C/C(=C(\Cl)c1cccc(F)c1Br)c1ccncc1. The molecule has 0 N–H and O–H groups in total. The van der Waals surface area contributed by atoms with Crippen molar-refractivity contribution in [2.75, 3.05) is 0 Å². The van der Waals surface area contributed by atoms with Crippen LogP contribution >= 0.6 is 27.5 Å². The van der Waals surface area contributed by atoms with Crippen molar-refractivity contribution in [2.45, 2.75) is 0 Å². The summed E-state index contributed by atoms with van der Waals surface area (Å²) in [5, 5.41) is 9.44. The van der Waals surface area contributed by atoms with Gasteiger partial charge >= 0.3 is 0 Å². The van der Waals surface area contributed by atoms with Gasteiger partial charge in [0.2, 0.25) is 0 Å². The van der Waals surface area contributed by atoms with Crippen LogP contribution in [0.5, 0.6) is 0 Å². The molecule has 2 nitrogen and oxygen atoms in total. The fourth-order valence-electron chi connectivity index (χ4n) is 1.57. The molecule has 1 aromatic heterocycles. The van der Waals surface area contributed by atoms with Gasteiger partial charge < -0.3 is 0 Å². The van der Waals surface area contributed by atoms with E-state index in [0.717, 1.165) is 0 Å². The van der Waals surface area contributed by atoms with Crippen LogP contribution < -0.4 is 0 Å². The number of nitriles is 1. The van der Waals surface area contributed by atoms with Crippen LogP contribution in [-0.2, 0) is 0 Å². The largest absolute Gasteiger partial charge is 0.265 e. The van der Waals surface area contributed by atoms with Crippen LogP contribution in [-0.4, -0.2) is 4.98 Å². The van der Waals surface area contributed by atoms with Crippen LogP contribution in [0.2, 0.25) is 0 Å². The lowest BCUT2D eigenvalue weighted by Gasteiger charge is -2.07.